The number of unbranched alkanes of at least 4 members (excludes halogenated alkanes) is 6. The summed E-state index contributed by atoms with van der Waals surface area (Å²) >= 11 is 0. The van der Waals surface area contributed by atoms with E-state index in [0.717, 1.165) is 31.2 Å². The zero-order valence-corrected chi connectivity index (χ0v) is 17.5. The fraction of sp³-hybridized carbons (Fsp3) is 0.500. The van der Waals surface area contributed by atoms with Crippen LogP contribution in [0.4, 0.5) is 0 Å². The van der Waals surface area contributed by atoms with Crippen LogP contribution in [0.3, 0.4) is 0 Å². The maximum Gasteiger partial charge on any atom is 0.306 e. The molecule has 0 heterocycles. The number of carbonyl (C=O) groups is 1. The van der Waals surface area contributed by atoms with Gasteiger partial charge in [-0.05, 0) is 47.2 Å². The number of ether oxygens (including phenoxy) is 1. The van der Waals surface area contributed by atoms with Crippen molar-refractivity contribution in [2.45, 2.75) is 84.2 Å². The number of rotatable bonds is 11. The lowest BCUT2D eigenvalue weighted by Gasteiger charge is -2.23. The van der Waals surface area contributed by atoms with Gasteiger partial charge in [-0.25, -0.2) is 0 Å². The highest BCUT2D eigenvalue weighted by atomic mass is 16.5. The lowest BCUT2D eigenvalue weighted by atomic mass is 9.87. The van der Waals surface area contributed by atoms with Crippen LogP contribution in [-0.2, 0) is 16.0 Å². The van der Waals surface area contributed by atoms with Crippen molar-refractivity contribution in [2.24, 2.45) is 0 Å². The van der Waals surface area contributed by atoms with Crippen LogP contribution in [0.15, 0.2) is 36.4 Å². The topological polar surface area (TPSA) is 26.3 Å². The normalized spacial score (nSPS) is 15.1. The molecule has 0 aromatic heterocycles. The second-order valence-electron chi connectivity index (χ2n) is 7.97. The molecule has 2 nitrogen and oxygen atoms in total. The van der Waals surface area contributed by atoms with E-state index in [1.807, 2.05) is 0 Å². The Kier molecular flexibility index (Phi) is 7.71. The Balaban J connectivity index is 1.76. The maximum absolute atomic E-state index is 12.3. The zero-order chi connectivity index (χ0) is 19.8. The van der Waals surface area contributed by atoms with Gasteiger partial charge >= 0.3 is 5.97 Å². The molecule has 2 aromatic carbocycles. The first-order valence-corrected chi connectivity index (χ1v) is 11.2. The first-order valence-electron chi connectivity index (χ1n) is 11.2. The van der Waals surface area contributed by atoms with E-state index in [0.29, 0.717) is 6.42 Å². The van der Waals surface area contributed by atoms with Gasteiger partial charge in [0.15, 0.2) is 0 Å². The molecule has 0 N–H and O–H groups in total. The molecule has 1 aliphatic carbocycles. The summed E-state index contributed by atoms with van der Waals surface area (Å²) < 4.78 is 5.82. The summed E-state index contributed by atoms with van der Waals surface area (Å²) in [7, 11) is 0. The molecule has 1 unspecified atom stereocenters. The third-order valence-corrected chi connectivity index (χ3v) is 5.75. The van der Waals surface area contributed by atoms with Crippen LogP contribution >= 0.6 is 0 Å². The average Bonchev–Trinajstić information content (AvgIpc) is 2.71. The van der Waals surface area contributed by atoms with E-state index in [-0.39, 0.29) is 12.1 Å². The van der Waals surface area contributed by atoms with Gasteiger partial charge in [-0.15, -0.1) is 0 Å². The van der Waals surface area contributed by atoms with E-state index in [4.69, 9.17) is 4.74 Å². The predicted molar refractivity (Wildman–Crippen MR) is 118 cm³/mol. The summed E-state index contributed by atoms with van der Waals surface area (Å²) in [5.41, 5.74) is 3.87. The summed E-state index contributed by atoms with van der Waals surface area (Å²) in [6.07, 6.45) is 15.2. The number of aryl methyl sites for hydroxylation is 1. The zero-order valence-electron chi connectivity index (χ0n) is 17.5. The van der Waals surface area contributed by atoms with E-state index < -0.39 is 0 Å². The molecule has 0 spiro atoms. The van der Waals surface area contributed by atoms with Crippen LogP contribution in [-0.4, -0.2) is 5.97 Å². The van der Waals surface area contributed by atoms with Gasteiger partial charge in [-0.2, -0.15) is 0 Å². The second kappa shape index (κ2) is 10.5. The molecule has 0 saturated carbocycles. The Hall–Kier alpha value is -2.09. The van der Waals surface area contributed by atoms with Crippen LogP contribution < -0.4 is 0 Å². The van der Waals surface area contributed by atoms with E-state index in [9.17, 15) is 4.79 Å². The van der Waals surface area contributed by atoms with Crippen molar-refractivity contribution in [3.05, 3.63) is 53.1 Å². The molecule has 3 rings (SSSR count). The molecule has 0 fully saturated rings. The minimum absolute atomic E-state index is 0.0874. The van der Waals surface area contributed by atoms with Crippen LogP contribution in [0.1, 0.15) is 94.4 Å². The minimum atomic E-state index is -0.259. The van der Waals surface area contributed by atoms with Gasteiger partial charge in [0.25, 0.3) is 0 Å². The molecule has 2 heteroatoms. The van der Waals surface area contributed by atoms with Gasteiger partial charge in [0.1, 0.15) is 6.10 Å². The van der Waals surface area contributed by atoms with Crippen molar-refractivity contribution < 1.29 is 9.53 Å². The molecule has 0 saturated heterocycles. The van der Waals surface area contributed by atoms with Crippen molar-refractivity contribution in [1.29, 1.82) is 0 Å². The highest BCUT2D eigenvalue weighted by molar-refractivity contribution is 5.97. The van der Waals surface area contributed by atoms with E-state index >= 15 is 0 Å². The first kappa shape index (κ1) is 20.6. The summed E-state index contributed by atoms with van der Waals surface area (Å²) in [4.78, 5) is 12.3. The van der Waals surface area contributed by atoms with Crippen molar-refractivity contribution in [1.82, 2.24) is 0 Å². The Morgan fingerprint density at radius 2 is 1.71 bits per heavy atom. The van der Waals surface area contributed by atoms with Gasteiger partial charge < -0.3 is 4.74 Å². The number of hydrogen-bond acceptors (Lipinski definition) is 2. The third kappa shape index (κ3) is 5.04. The van der Waals surface area contributed by atoms with E-state index in [1.165, 1.54) is 54.0 Å². The third-order valence-electron chi connectivity index (χ3n) is 5.75. The fourth-order valence-corrected chi connectivity index (χ4v) is 4.15. The van der Waals surface area contributed by atoms with Gasteiger partial charge in [-0.1, -0.05) is 88.8 Å². The molecule has 0 radical (unpaired) electrons. The minimum Gasteiger partial charge on any atom is -0.453 e. The van der Waals surface area contributed by atoms with Crippen LogP contribution in [0.2, 0.25) is 0 Å². The van der Waals surface area contributed by atoms with E-state index in [2.05, 4.69) is 56.3 Å². The molecule has 28 heavy (non-hydrogen) atoms. The molecular weight excluding hydrogens is 344 g/mol. The summed E-state index contributed by atoms with van der Waals surface area (Å²) in [6, 6.07) is 10.9. The maximum atomic E-state index is 12.3. The van der Waals surface area contributed by atoms with Gasteiger partial charge in [0, 0.05) is 12.0 Å². The molecule has 2 aromatic rings. The Labute approximate surface area is 170 Å². The average molecular weight is 379 g/mol. The summed E-state index contributed by atoms with van der Waals surface area (Å²) in [5.74, 6) is -0.0874. The molecule has 0 aliphatic heterocycles. The van der Waals surface area contributed by atoms with Crippen LogP contribution in [0, 0.1) is 0 Å². The molecule has 1 aliphatic rings. The molecule has 150 valence electrons. The highest BCUT2D eigenvalue weighted by Gasteiger charge is 2.22. The SMILES string of the molecule is CCCCCCCc1ccc2cccc3c2c1C=CC3OC(=O)CCCCC. The van der Waals surface area contributed by atoms with Crippen LogP contribution in [0.5, 0.6) is 0 Å². The molecule has 1 atom stereocenters. The standard InChI is InChI=1S/C26H34O2/c1-3-5-7-8-10-12-20-16-17-21-13-11-14-23-24(19-18-22(20)26(21)23)28-25(27)15-9-6-4-2/h11,13-14,16-19,24H,3-10,12,15H2,1-2H3. The number of hydrogen-bond donors (Lipinski definition) is 0. The first-order chi connectivity index (χ1) is 13.7. The Bertz CT molecular complexity index is 819. The fourth-order valence-electron chi connectivity index (χ4n) is 4.15. The van der Waals surface area contributed by atoms with Gasteiger partial charge in [0.2, 0.25) is 0 Å². The van der Waals surface area contributed by atoms with Gasteiger partial charge in [-0.3, -0.25) is 4.79 Å². The quantitative estimate of drug-likeness (QED) is 0.298. The molecule has 0 amide bonds. The number of esters is 1. The highest BCUT2D eigenvalue weighted by Crippen LogP contribution is 2.37. The largest absolute Gasteiger partial charge is 0.453 e. The van der Waals surface area contributed by atoms with Crippen molar-refractivity contribution >= 4 is 22.8 Å². The Morgan fingerprint density at radius 1 is 0.929 bits per heavy atom. The van der Waals surface area contributed by atoms with Crippen LogP contribution in [0.25, 0.3) is 16.8 Å². The van der Waals surface area contributed by atoms with Crippen molar-refractivity contribution in [3.8, 4) is 0 Å². The summed E-state index contributed by atoms with van der Waals surface area (Å²) in [6.45, 7) is 4.40. The van der Waals surface area contributed by atoms with E-state index in [1.54, 1.807) is 0 Å². The summed E-state index contributed by atoms with van der Waals surface area (Å²) in [5, 5.41) is 2.50. The Morgan fingerprint density at radius 3 is 2.54 bits per heavy atom. The van der Waals surface area contributed by atoms with Crippen molar-refractivity contribution in [2.75, 3.05) is 0 Å². The lowest BCUT2D eigenvalue weighted by molar-refractivity contribution is -0.147. The smallest absolute Gasteiger partial charge is 0.306 e. The second-order valence-corrected chi connectivity index (χ2v) is 7.97. The van der Waals surface area contributed by atoms with Gasteiger partial charge in [0.05, 0.1) is 0 Å². The monoisotopic (exact) mass is 378 g/mol. The predicted octanol–water partition coefficient (Wildman–Crippen LogP) is 7.54. The van der Waals surface area contributed by atoms with Crippen molar-refractivity contribution in [3.63, 3.8) is 0 Å². The molecule has 0 bridgehead atoms. The number of benzene rings is 2. The lowest BCUT2D eigenvalue weighted by Crippen LogP contribution is -2.12. The number of carbonyl (C=O) groups excluding carboxylic acids is 1. The molecular formula is C26H34O2.